The van der Waals surface area contributed by atoms with E-state index in [2.05, 4.69) is 15.6 Å². The lowest BCUT2D eigenvalue weighted by atomic mass is 10.2. The first-order valence-corrected chi connectivity index (χ1v) is 12.6. The summed E-state index contributed by atoms with van der Waals surface area (Å²) in [5.41, 5.74) is -0.238. The summed E-state index contributed by atoms with van der Waals surface area (Å²) in [5.74, 6) is -4.25. The zero-order valence-corrected chi connectivity index (χ0v) is 23.1. The number of pyridine rings is 1. The second kappa shape index (κ2) is 12.2. The monoisotopic (exact) mass is 600 g/mol. The number of aryl methyl sites for hydroxylation is 1. The highest BCUT2D eigenvalue weighted by molar-refractivity contribution is 5.95. The van der Waals surface area contributed by atoms with E-state index in [1.54, 1.807) is 50.4 Å². The highest BCUT2D eigenvalue weighted by Crippen LogP contribution is 2.35. The van der Waals surface area contributed by atoms with Crippen molar-refractivity contribution in [2.75, 3.05) is 6.54 Å². The Kier molecular flexibility index (Phi) is 9.33. The first kappa shape index (κ1) is 32.1. The van der Waals surface area contributed by atoms with Gasteiger partial charge < -0.3 is 25.2 Å². The van der Waals surface area contributed by atoms with E-state index in [1.165, 1.54) is 6.07 Å². The van der Waals surface area contributed by atoms with Crippen LogP contribution in [0.2, 0.25) is 0 Å². The summed E-state index contributed by atoms with van der Waals surface area (Å²) in [5, 5.41) is 12.8. The number of benzene rings is 1. The Hall–Kier alpha value is -4.43. The van der Waals surface area contributed by atoms with Gasteiger partial charge in [0, 0.05) is 12.7 Å². The molecule has 2 amide bonds. The molecule has 228 valence electrons. The lowest BCUT2D eigenvalue weighted by molar-refractivity contribution is -0.192. The van der Waals surface area contributed by atoms with E-state index < -0.39 is 41.0 Å². The van der Waals surface area contributed by atoms with Gasteiger partial charge in [-0.15, -0.1) is 0 Å². The number of carbonyl (C=O) groups is 3. The Balaban J connectivity index is 0.000000616. The number of aromatic nitrogens is 2. The van der Waals surface area contributed by atoms with Crippen molar-refractivity contribution in [2.45, 2.75) is 64.5 Å². The summed E-state index contributed by atoms with van der Waals surface area (Å²) in [6.45, 7) is 6.95. The number of aliphatic carboxylic acids is 1. The molecule has 0 spiro atoms. The number of carboxylic acids is 1. The van der Waals surface area contributed by atoms with E-state index in [-0.39, 0.29) is 30.4 Å². The van der Waals surface area contributed by atoms with Crippen LogP contribution in [-0.4, -0.2) is 56.3 Å². The van der Waals surface area contributed by atoms with Crippen LogP contribution < -0.4 is 15.4 Å². The fourth-order valence-corrected chi connectivity index (χ4v) is 3.71. The first-order chi connectivity index (χ1) is 19.4. The molecule has 42 heavy (non-hydrogen) atoms. The number of carbonyl (C=O) groups excluding carboxylic acids is 2. The molecule has 2 aromatic heterocycles. The van der Waals surface area contributed by atoms with Crippen LogP contribution in [0.25, 0.3) is 5.65 Å². The molecule has 1 aromatic carbocycles. The van der Waals surface area contributed by atoms with Crippen molar-refractivity contribution in [1.29, 1.82) is 0 Å². The number of fused-ring (bicyclic) bond motifs is 1. The Morgan fingerprint density at radius 3 is 2.19 bits per heavy atom. The fourth-order valence-electron chi connectivity index (χ4n) is 3.71. The van der Waals surface area contributed by atoms with Crippen LogP contribution >= 0.6 is 0 Å². The minimum Gasteiger partial charge on any atom is -0.485 e. The molecule has 2 heterocycles. The third-order valence-electron chi connectivity index (χ3n) is 5.89. The summed E-state index contributed by atoms with van der Waals surface area (Å²) in [6, 6.07) is 6.88. The largest absolute Gasteiger partial charge is 0.490 e. The molecule has 15 heteroatoms. The van der Waals surface area contributed by atoms with Crippen LogP contribution in [0.3, 0.4) is 0 Å². The predicted molar refractivity (Wildman–Crippen MR) is 138 cm³/mol. The van der Waals surface area contributed by atoms with Crippen molar-refractivity contribution < 1.29 is 50.9 Å². The van der Waals surface area contributed by atoms with Crippen LogP contribution in [0.4, 0.5) is 26.7 Å². The second-order valence-corrected chi connectivity index (χ2v) is 10.5. The Bertz CT molecular complexity index is 1460. The second-order valence-electron chi connectivity index (χ2n) is 10.5. The minimum atomic E-state index is -5.08. The van der Waals surface area contributed by atoms with Crippen LogP contribution in [-0.2, 0) is 16.1 Å². The Labute approximate surface area is 236 Å². The maximum absolute atomic E-state index is 14.0. The molecular formula is C27H29F5N4O6. The summed E-state index contributed by atoms with van der Waals surface area (Å²) < 4.78 is 72.2. The number of rotatable bonds is 7. The van der Waals surface area contributed by atoms with Gasteiger partial charge >= 0.3 is 18.2 Å². The molecule has 1 aliphatic rings. The van der Waals surface area contributed by atoms with Gasteiger partial charge in [-0.1, -0.05) is 6.07 Å². The van der Waals surface area contributed by atoms with E-state index >= 15 is 0 Å². The third kappa shape index (κ3) is 8.30. The first-order valence-electron chi connectivity index (χ1n) is 12.6. The summed E-state index contributed by atoms with van der Waals surface area (Å²) >= 11 is 0. The molecule has 1 fully saturated rings. The quantitative estimate of drug-likeness (QED) is 0.328. The Morgan fingerprint density at radius 2 is 1.67 bits per heavy atom. The molecule has 3 aromatic rings. The molecule has 1 saturated carbocycles. The van der Waals surface area contributed by atoms with E-state index in [9.17, 15) is 31.5 Å². The molecule has 0 bridgehead atoms. The van der Waals surface area contributed by atoms with Crippen molar-refractivity contribution in [3.63, 3.8) is 0 Å². The van der Waals surface area contributed by atoms with E-state index in [4.69, 9.17) is 19.4 Å². The van der Waals surface area contributed by atoms with E-state index in [0.29, 0.717) is 17.0 Å². The molecule has 0 unspecified atom stereocenters. The molecule has 0 radical (unpaired) electrons. The molecule has 3 N–H and O–H groups in total. The maximum Gasteiger partial charge on any atom is 0.490 e. The molecule has 10 nitrogen and oxygen atoms in total. The number of carboxylic acid groups (broad SMARTS) is 1. The molecule has 0 saturated heterocycles. The average molecular weight is 601 g/mol. The van der Waals surface area contributed by atoms with Crippen molar-refractivity contribution in [3.8, 4) is 5.75 Å². The number of ether oxygens (including phenoxy) is 2. The van der Waals surface area contributed by atoms with Crippen LogP contribution in [0.1, 0.15) is 55.4 Å². The van der Waals surface area contributed by atoms with Crippen molar-refractivity contribution in [2.24, 2.45) is 0 Å². The molecular weight excluding hydrogens is 571 g/mol. The number of nitrogens with zero attached hydrogens (tertiary/aromatic N) is 2. The van der Waals surface area contributed by atoms with Gasteiger partial charge in [0.1, 0.15) is 29.5 Å². The number of hydrogen-bond acceptors (Lipinski definition) is 6. The van der Waals surface area contributed by atoms with Gasteiger partial charge in [0.05, 0.1) is 16.8 Å². The number of halogens is 5. The Morgan fingerprint density at radius 1 is 1.07 bits per heavy atom. The topological polar surface area (TPSA) is 131 Å². The summed E-state index contributed by atoms with van der Waals surface area (Å²) in [6.07, 6.45) is -2.50. The lowest BCUT2D eigenvalue weighted by Crippen LogP contribution is -2.47. The zero-order chi connectivity index (χ0) is 31.5. The van der Waals surface area contributed by atoms with Gasteiger partial charge in [-0.3, -0.25) is 9.20 Å². The molecule has 4 rings (SSSR count). The maximum atomic E-state index is 14.0. The average Bonchev–Trinajstić information content (AvgIpc) is 3.52. The van der Waals surface area contributed by atoms with Gasteiger partial charge in [0.2, 0.25) is 0 Å². The van der Waals surface area contributed by atoms with Crippen LogP contribution in [0.15, 0.2) is 36.5 Å². The highest BCUT2D eigenvalue weighted by atomic mass is 19.4. The number of imidazole rings is 1. The van der Waals surface area contributed by atoms with Gasteiger partial charge in [-0.2, -0.15) is 13.2 Å². The lowest BCUT2D eigenvalue weighted by Gasteiger charge is -2.23. The predicted octanol–water partition coefficient (Wildman–Crippen LogP) is 4.92. The van der Waals surface area contributed by atoms with Gasteiger partial charge in [-0.05, 0) is 64.8 Å². The van der Waals surface area contributed by atoms with Gasteiger partial charge in [0.15, 0.2) is 11.4 Å². The zero-order valence-electron chi connectivity index (χ0n) is 23.1. The number of hydrogen-bond donors (Lipinski definition) is 3. The van der Waals surface area contributed by atoms with Crippen LogP contribution in [0.5, 0.6) is 5.75 Å². The van der Waals surface area contributed by atoms with Gasteiger partial charge in [0.25, 0.3) is 5.91 Å². The number of nitrogens with one attached hydrogen (secondary N) is 2. The highest BCUT2D eigenvalue weighted by Gasteiger charge is 2.45. The third-order valence-corrected chi connectivity index (χ3v) is 5.89. The van der Waals surface area contributed by atoms with Crippen molar-refractivity contribution in [3.05, 3.63) is 65.1 Å². The summed E-state index contributed by atoms with van der Waals surface area (Å²) in [4.78, 5) is 38.5. The van der Waals surface area contributed by atoms with E-state index in [0.717, 1.165) is 25.0 Å². The number of alkyl carbamates (subject to hydrolysis) is 1. The minimum absolute atomic E-state index is 0.192. The van der Waals surface area contributed by atoms with Crippen molar-refractivity contribution >= 4 is 23.6 Å². The fraction of sp³-hybridized carbons (Fsp3) is 0.407. The molecule has 0 atom stereocenters. The van der Waals surface area contributed by atoms with E-state index in [1.807, 2.05) is 0 Å². The SMILES string of the molecule is Cc1nc2c(OCc3c(F)cccc3F)cccn2c1C(=O)NCC1(NC(=O)OC(C)(C)C)CC1.O=C(O)C(F)(F)F. The number of alkyl halides is 3. The molecule has 0 aliphatic heterocycles. The van der Waals surface area contributed by atoms with Crippen molar-refractivity contribution in [1.82, 2.24) is 20.0 Å². The standard InChI is InChI=1S/C25H28F2N4O4.C2HF3O2/c1-15-20(22(32)28-14-25(10-11-25)30-23(33)35-24(2,3)4)31-12-6-9-19(21(31)29-15)34-13-16-17(26)7-5-8-18(16)27;3-2(4,5)1(6)7/h5-9,12H,10-11,13-14H2,1-4H3,(H,28,32)(H,30,33);(H,6,7). The smallest absolute Gasteiger partial charge is 0.485 e. The summed E-state index contributed by atoms with van der Waals surface area (Å²) in [7, 11) is 0. The number of amides is 2. The van der Waals surface area contributed by atoms with Gasteiger partial charge in [-0.25, -0.2) is 23.4 Å². The van der Waals surface area contributed by atoms with Crippen LogP contribution in [0, 0.1) is 18.6 Å². The molecule has 1 aliphatic carbocycles. The normalized spacial score (nSPS) is 13.9.